The standard InChI is InChI=1S/C12H11FN2O3/c13-9-3-1-8-2-4-11(16)15(10(8)7-9)6-5-14-12(17)18/h1-4,7,14H,5-6H2,(H,17,18). The second kappa shape index (κ2) is 4.87. The fraction of sp³-hybridized carbons (Fsp3) is 0.167. The third-order valence-corrected chi connectivity index (χ3v) is 2.57. The molecule has 0 spiro atoms. The number of rotatable bonds is 3. The summed E-state index contributed by atoms with van der Waals surface area (Å²) in [6, 6.07) is 7.13. The number of amides is 1. The van der Waals surface area contributed by atoms with Gasteiger partial charge in [-0.1, -0.05) is 0 Å². The van der Waals surface area contributed by atoms with Gasteiger partial charge < -0.3 is 15.0 Å². The lowest BCUT2D eigenvalue weighted by Gasteiger charge is -2.09. The summed E-state index contributed by atoms with van der Waals surface area (Å²) in [5.74, 6) is -0.437. The first-order valence-corrected chi connectivity index (χ1v) is 5.34. The van der Waals surface area contributed by atoms with Crippen LogP contribution in [-0.2, 0) is 6.54 Å². The van der Waals surface area contributed by atoms with Crippen molar-refractivity contribution in [2.24, 2.45) is 0 Å². The van der Waals surface area contributed by atoms with E-state index in [4.69, 9.17) is 5.11 Å². The number of fused-ring (bicyclic) bond motifs is 1. The van der Waals surface area contributed by atoms with Crippen molar-refractivity contribution in [3.8, 4) is 0 Å². The molecule has 0 aliphatic carbocycles. The Bertz CT molecular complexity index is 651. The van der Waals surface area contributed by atoms with Crippen molar-refractivity contribution >= 4 is 17.0 Å². The number of aromatic nitrogens is 1. The molecule has 1 aromatic heterocycles. The minimum atomic E-state index is -1.16. The number of hydrogen-bond acceptors (Lipinski definition) is 2. The lowest BCUT2D eigenvalue weighted by Crippen LogP contribution is -2.29. The van der Waals surface area contributed by atoms with Gasteiger partial charge in [-0.05, 0) is 29.7 Å². The van der Waals surface area contributed by atoms with Gasteiger partial charge in [-0.15, -0.1) is 0 Å². The maximum Gasteiger partial charge on any atom is 0.404 e. The first kappa shape index (κ1) is 12.1. The van der Waals surface area contributed by atoms with E-state index in [1.54, 1.807) is 12.1 Å². The van der Waals surface area contributed by atoms with Gasteiger partial charge in [0.25, 0.3) is 5.56 Å². The third kappa shape index (κ3) is 2.48. The zero-order valence-electron chi connectivity index (χ0n) is 9.39. The van der Waals surface area contributed by atoms with E-state index in [9.17, 15) is 14.0 Å². The molecule has 1 aromatic carbocycles. The molecule has 0 aliphatic heterocycles. The van der Waals surface area contributed by atoms with Gasteiger partial charge in [-0.3, -0.25) is 4.79 Å². The maximum absolute atomic E-state index is 13.2. The molecule has 0 atom stereocenters. The van der Waals surface area contributed by atoms with E-state index < -0.39 is 11.9 Å². The van der Waals surface area contributed by atoms with Gasteiger partial charge in [0, 0.05) is 19.2 Å². The van der Waals surface area contributed by atoms with Crippen LogP contribution in [0, 0.1) is 5.82 Å². The molecule has 1 amide bonds. The number of halogens is 1. The van der Waals surface area contributed by atoms with Crippen LogP contribution in [0.5, 0.6) is 0 Å². The second-order valence-corrected chi connectivity index (χ2v) is 3.76. The Morgan fingerprint density at radius 2 is 2.06 bits per heavy atom. The van der Waals surface area contributed by atoms with E-state index >= 15 is 0 Å². The van der Waals surface area contributed by atoms with Gasteiger partial charge in [-0.25, -0.2) is 9.18 Å². The van der Waals surface area contributed by atoms with Gasteiger partial charge >= 0.3 is 6.09 Å². The molecule has 2 rings (SSSR count). The van der Waals surface area contributed by atoms with Gasteiger partial charge in [-0.2, -0.15) is 0 Å². The average Bonchev–Trinajstić information content (AvgIpc) is 2.31. The molecule has 94 valence electrons. The highest BCUT2D eigenvalue weighted by Gasteiger charge is 2.04. The first-order chi connectivity index (χ1) is 8.58. The fourth-order valence-electron chi connectivity index (χ4n) is 1.77. The fourth-order valence-corrected chi connectivity index (χ4v) is 1.77. The number of benzene rings is 1. The largest absolute Gasteiger partial charge is 0.465 e. The second-order valence-electron chi connectivity index (χ2n) is 3.76. The van der Waals surface area contributed by atoms with Crippen LogP contribution < -0.4 is 10.9 Å². The molecule has 1 heterocycles. The summed E-state index contributed by atoms with van der Waals surface area (Å²) in [6.45, 7) is 0.247. The Morgan fingerprint density at radius 1 is 1.33 bits per heavy atom. The minimum absolute atomic E-state index is 0.0882. The Balaban J connectivity index is 2.40. The first-order valence-electron chi connectivity index (χ1n) is 5.34. The number of carboxylic acid groups (broad SMARTS) is 1. The Kier molecular flexibility index (Phi) is 3.27. The zero-order chi connectivity index (χ0) is 13.1. The van der Waals surface area contributed by atoms with Crippen LogP contribution in [0.1, 0.15) is 0 Å². The summed E-state index contributed by atoms with van der Waals surface area (Å²) < 4.78 is 14.5. The molecule has 18 heavy (non-hydrogen) atoms. The van der Waals surface area contributed by atoms with E-state index in [-0.39, 0.29) is 18.6 Å². The van der Waals surface area contributed by atoms with E-state index in [0.29, 0.717) is 5.52 Å². The van der Waals surface area contributed by atoms with Crippen molar-refractivity contribution in [1.29, 1.82) is 0 Å². The highest BCUT2D eigenvalue weighted by atomic mass is 19.1. The van der Waals surface area contributed by atoms with E-state index in [0.717, 1.165) is 5.39 Å². The molecule has 0 fully saturated rings. The van der Waals surface area contributed by atoms with Gasteiger partial charge in [0.2, 0.25) is 0 Å². The Hall–Kier alpha value is -2.37. The third-order valence-electron chi connectivity index (χ3n) is 2.57. The number of nitrogens with one attached hydrogen (secondary N) is 1. The molecule has 6 heteroatoms. The summed E-state index contributed by atoms with van der Waals surface area (Å²) in [6.07, 6.45) is -1.16. The molecule has 0 saturated heterocycles. The van der Waals surface area contributed by atoms with Crippen LogP contribution >= 0.6 is 0 Å². The lowest BCUT2D eigenvalue weighted by atomic mass is 10.2. The van der Waals surface area contributed by atoms with Crippen molar-refractivity contribution in [3.63, 3.8) is 0 Å². The van der Waals surface area contributed by atoms with Crippen molar-refractivity contribution < 1.29 is 14.3 Å². The van der Waals surface area contributed by atoms with Crippen molar-refractivity contribution in [2.75, 3.05) is 6.54 Å². The van der Waals surface area contributed by atoms with Gasteiger partial charge in [0.05, 0.1) is 5.52 Å². The van der Waals surface area contributed by atoms with Crippen molar-refractivity contribution in [1.82, 2.24) is 9.88 Å². The Morgan fingerprint density at radius 3 is 2.78 bits per heavy atom. The van der Waals surface area contributed by atoms with Crippen LogP contribution in [-0.4, -0.2) is 22.3 Å². The topological polar surface area (TPSA) is 71.3 Å². The van der Waals surface area contributed by atoms with Gasteiger partial charge in [0.1, 0.15) is 5.82 Å². The zero-order valence-corrected chi connectivity index (χ0v) is 9.39. The van der Waals surface area contributed by atoms with Crippen LogP contribution in [0.15, 0.2) is 35.1 Å². The molecule has 5 nitrogen and oxygen atoms in total. The minimum Gasteiger partial charge on any atom is -0.465 e. The van der Waals surface area contributed by atoms with Crippen LogP contribution in [0.25, 0.3) is 10.9 Å². The van der Waals surface area contributed by atoms with E-state index in [1.807, 2.05) is 0 Å². The van der Waals surface area contributed by atoms with Gasteiger partial charge in [0.15, 0.2) is 0 Å². The van der Waals surface area contributed by atoms with Crippen molar-refractivity contribution in [2.45, 2.75) is 6.54 Å². The smallest absolute Gasteiger partial charge is 0.404 e. The lowest BCUT2D eigenvalue weighted by molar-refractivity contribution is 0.194. The highest BCUT2D eigenvalue weighted by Crippen LogP contribution is 2.13. The van der Waals surface area contributed by atoms with Crippen molar-refractivity contribution in [3.05, 3.63) is 46.5 Å². The summed E-state index contributed by atoms with van der Waals surface area (Å²) in [4.78, 5) is 22.0. The molecular formula is C12H11FN2O3. The average molecular weight is 250 g/mol. The van der Waals surface area contributed by atoms with Crippen LogP contribution in [0.3, 0.4) is 0 Å². The predicted octanol–water partition coefficient (Wildman–Crippen LogP) is 1.41. The molecule has 2 aromatic rings. The quantitative estimate of drug-likeness (QED) is 0.865. The predicted molar refractivity (Wildman–Crippen MR) is 64.2 cm³/mol. The normalized spacial score (nSPS) is 10.5. The van der Waals surface area contributed by atoms with E-state index in [1.165, 1.54) is 22.8 Å². The molecule has 0 bridgehead atoms. The monoisotopic (exact) mass is 250 g/mol. The molecule has 0 aliphatic rings. The summed E-state index contributed by atoms with van der Waals surface area (Å²) in [5.41, 5.74) is 0.162. The summed E-state index contributed by atoms with van der Waals surface area (Å²) >= 11 is 0. The molecule has 0 saturated carbocycles. The maximum atomic E-state index is 13.2. The summed E-state index contributed by atoms with van der Waals surface area (Å²) in [7, 11) is 0. The van der Waals surface area contributed by atoms with Crippen LogP contribution in [0.4, 0.5) is 9.18 Å². The number of hydrogen-bond donors (Lipinski definition) is 2. The van der Waals surface area contributed by atoms with E-state index in [2.05, 4.69) is 5.32 Å². The number of pyridine rings is 1. The Labute approximate surface area is 101 Å². The summed E-state index contributed by atoms with van der Waals surface area (Å²) in [5, 5.41) is 11.4. The highest BCUT2D eigenvalue weighted by molar-refractivity contribution is 5.78. The number of nitrogens with zero attached hydrogens (tertiary/aromatic N) is 1. The molecule has 0 radical (unpaired) electrons. The van der Waals surface area contributed by atoms with Crippen LogP contribution in [0.2, 0.25) is 0 Å². The molecule has 2 N–H and O–H groups in total. The molecular weight excluding hydrogens is 239 g/mol. The SMILES string of the molecule is O=C(O)NCCn1c(=O)ccc2ccc(F)cc21. The number of carbonyl (C=O) groups is 1. The molecule has 0 unspecified atom stereocenters.